The van der Waals surface area contributed by atoms with Gasteiger partial charge in [0.05, 0.1) is 11.8 Å². The average molecular weight is 361 g/mol. The number of carbonyl (C=O) groups is 3. The number of amides is 2. The third-order valence-corrected chi connectivity index (χ3v) is 6.49. The van der Waals surface area contributed by atoms with E-state index in [0.717, 1.165) is 11.1 Å². The van der Waals surface area contributed by atoms with Crippen molar-refractivity contribution in [1.82, 2.24) is 4.90 Å². The van der Waals surface area contributed by atoms with E-state index in [1.54, 1.807) is 0 Å². The number of aliphatic carboxylic acids is 1. The van der Waals surface area contributed by atoms with Crippen LogP contribution in [0.5, 0.6) is 0 Å². The first kappa shape index (κ1) is 16.2. The van der Waals surface area contributed by atoms with E-state index >= 15 is 0 Å². The number of carboxylic acids is 1. The monoisotopic (exact) mass is 361 g/mol. The maximum absolute atomic E-state index is 13.3. The summed E-state index contributed by atoms with van der Waals surface area (Å²) < 4.78 is 0. The third kappa shape index (κ3) is 1.68. The highest BCUT2D eigenvalue weighted by atomic mass is 16.4. The van der Waals surface area contributed by atoms with Gasteiger partial charge in [0.25, 0.3) is 0 Å². The molecular weight excluding hydrogens is 342 g/mol. The fourth-order valence-corrected chi connectivity index (χ4v) is 5.64. The van der Waals surface area contributed by atoms with Crippen LogP contribution in [0.3, 0.4) is 0 Å². The van der Waals surface area contributed by atoms with E-state index in [1.807, 2.05) is 55.5 Å². The predicted octanol–water partition coefficient (Wildman–Crippen LogP) is 2.53. The fraction of sp³-hybridized carbons (Fsp3) is 0.318. The zero-order valence-corrected chi connectivity index (χ0v) is 14.9. The number of hydrogen-bond acceptors (Lipinski definition) is 3. The second kappa shape index (κ2) is 5.28. The SMILES string of the molecule is CCCN1C(=O)C2C3c4ccccc4C(C(=O)O)(c4ccccc43)C2C1=O. The molecule has 2 bridgehead atoms. The molecule has 2 aromatic rings. The highest BCUT2D eigenvalue weighted by Crippen LogP contribution is 2.64. The molecule has 0 radical (unpaired) electrons. The normalized spacial score (nSPS) is 30.1. The number of imide groups is 1. The second-order valence-corrected chi connectivity index (χ2v) is 7.60. The van der Waals surface area contributed by atoms with Crippen LogP contribution in [0.2, 0.25) is 0 Å². The van der Waals surface area contributed by atoms with Crippen LogP contribution in [0.25, 0.3) is 0 Å². The lowest BCUT2D eigenvalue weighted by Crippen LogP contribution is -2.57. The number of carboxylic acid groups (broad SMARTS) is 1. The Morgan fingerprint density at radius 2 is 1.56 bits per heavy atom. The lowest BCUT2D eigenvalue weighted by molar-refractivity contribution is -0.150. The van der Waals surface area contributed by atoms with E-state index < -0.39 is 23.2 Å². The summed E-state index contributed by atoms with van der Waals surface area (Å²) in [5.74, 6) is -3.44. The Morgan fingerprint density at radius 3 is 2.07 bits per heavy atom. The Labute approximate surface area is 156 Å². The lowest BCUT2D eigenvalue weighted by atomic mass is 9.47. The Kier molecular flexibility index (Phi) is 3.18. The number of likely N-dealkylation sites (tertiary alicyclic amines) is 1. The molecule has 1 fully saturated rings. The lowest BCUT2D eigenvalue weighted by Gasteiger charge is -2.51. The van der Waals surface area contributed by atoms with Crippen LogP contribution in [-0.4, -0.2) is 34.3 Å². The predicted molar refractivity (Wildman–Crippen MR) is 97.1 cm³/mol. The van der Waals surface area contributed by atoms with Crippen molar-refractivity contribution in [3.05, 3.63) is 70.8 Å². The quantitative estimate of drug-likeness (QED) is 0.853. The molecule has 2 atom stereocenters. The third-order valence-electron chi connectivity index (χ3n) is 6.49. The minimum atomic E-state index is -1.51. The van der Waals surface area contributed by atoms with Crippen LogP contribution < -0.4 is 0 Å². The summed E-state index contributed by atoms with van der Waals surface area (Å²) >= 11 is 0. The van der Waals surface area contributed by atoms with Crippen molar-refractivity contribution < 1.29 is 19.5 Å². The van der Waals surface area contributed by atoms with Gasteiger partial charge in [-0.2, -0.15) is 0 Å². The van der Waals surface area contributed by atoms with Gasteiger partial charge in [0.2, 0.25) is 11.8 Å². The Balaban J connectivity index is 1.89. The van der Waals surface area contributed by atoms with Gasteiger partial charge in [-0.15, -0.1) is 0 Å². The first-order valence-electron chi connectivity index (χ1n) is 9.32. The highest BCUT2D eigenvalue weighted by molar-refractivity contribution is 6.12. The topological polar surface area (TPSA) is 74.7 Å². The van der Waals surface area contributed by atoms with Gasteiger partial charge in [0.15, 0.2) is 0 Å². The van der Waals surface area contributed by atoms with Gasteiger partial charge in [-0.05, 0) is 28.7 Å². The summed E-state index contributed by atoms with van der Waals surface area (Å²) in [7, 11) is 0. The minimum absolute atomic E-state index is 0.230. The van der Waals surface area contributed by atoms with Crippen molar-refractivity contribution in [2.24, 2.45) is 11.8 Å². The van der Waals surface area contributed by atoms with E-state index in [-0.39, 0.29) is 17.7 Å². The Hall–Kier alpha value is -2.95. The number of hydrogen-bond donors (Lipinski definition) is 1. The van der Waals surface area contributed by atoms with Crippen molar-refractivity contribution >= 4 is 17.8 Å². The molecule has 2 aromatic carbocycles. The maximum atomic E-state index is 13.3. The van der Waals surface area contributed by atoms with Gasteiger partial charge < -0.3 is 5.11 Å². The summed E-state index contributed by atoms with van der Waals surface area (Å²) in [4.78, 5) is 40.7. The molecule has 4 aliphatic rings. The molecule has 1 N–H and O–H groups in total. The first-order valence-corrected chi connectivity index (χ1v) is 9.32. The van der Waals surface area contributed by atoms with Crippen LogP contribution in [0, 0.1) is 11.8 Å². The van der Waals surface area contributed by atoms with Crippen LogP contribution in [0.1, 0.15) is 41.5 Å². The van der Waals surface area contributed by atoms with Crippen molar-refractivity contribution in [2.45, 2.75) is 24.7 Å². The molecule has 5 heteroatoms. The van der Waals surface area contributed by atoms with Gasteiger partial charge in [0, 0.05) is 12.5 Å². The molecule has 136 valence electrons. The summed E-state index contributed by atoms with van der Waals surface area (Å²) in [6.07, 6.45) is 0.654. The van der Waals surface area contributed by atoms with Crippen molar-refractivity contribution in [1.29, 1.82) is 0 Å². The van der Waals surface area contributed by atoms with Crippen LogP contribution in [0.15, 0.2) is 48.5 Å². The number of nitrogens with zero attached hydrogens (tertiary/aromatic N) is 1. The van der Waals surface area contributed by atoms with E-state index in [4.69, 9.17) is 0 Å². The molecule has 0 aromatic heterocycles. The van der Waals surface area contributed by atoms with Gasteiger partial charge >= 0.3 is 5.97 Å². The number of rotatable bonds is 3. The largest absolute Gasteiger partial charge is 0.480 e. The summed E-state index contributed by atoms with van der Waals surface area (Å²) in [6.45, 7) is 2.24. The van der Waals surface area contributed by atoms with E-state index in [9.17, 15) is 19.5 Å². The molecule has 1 aliphatic heterocycles. The molecule has 1 saturated heterocycles. The minimum Gasteiger partial charge on any atom is -0.480 e. The van der Waals surface area contributed by atoms with Crippen LogP contribution >= 0.6 is 0 Å². The molecule has 2 unspecified atom stereocenters. The Morgan fingerprint density at radius 1 is 1.00 bits per heavy atom. The highest BCUT2D eigenvalue weighted by Gasteiger charge is 2.70. The van der Waals surface area contributed by atoms with E-state index in [2.05, 4.69) is 0 Å². The molecule has 3 aliphatic carbocycles. The molecule has 6 rings (SSSR count). The summed E-state index contributed by atoms with van der Waals surface area (Å²) in [5.41, 5.74) is 1.52. The average Bonchev–Trinajstić information content (AvgIpc) is 2.94. The maximum Gasteiger partial charge on any atom is 0.319 e. The summed E-state index contributed by atoms with van der Waals surface area (Å²) in [6, 6.07) is 14.8. The van der Waals surface area contributed by atoms with E-state index in [1.165, 1.54) is 4.90 Å². The smallest absolute Gasteiger partial charge is 0.319 e. The molecule has 0 saturated carbocycles. The van der Waals surface area contributed by atoms with Gasteiger partial charge in [-0.25, -0.2) is 0 Å². The van der Waals surface area contributed by atoms with Gasteiger partial charge in [-0.1, -0.05) is 55.5 Å². The Bertz CT molecular complexity index is 963. The first-order chi connectivity index (χ1) is 13.0. The molecular formula is C22H19NO4. The van der Waals surface area contributed by atoms with E-state index in [0.29, 0.717) is 24.1 Å². The van der Waals surface area contributed by atoms with Crippen LogP contribution in [-0.2, 0) is 19.8 Å². The molecule has 5 nitrogen and oxygen atoms in total. The molecule has 1 heterocycles. The standard InChI is InChI=1S/C22H19NO4/c1-2-11-23-19(24)17-16-12-7-3-5-9-14(12)22(21(26)27,18(17)20(23)25)15-10-6-4-8-13(15)16/h3-10,16-18H,2,11H2,1H3,(H,26,27). The zero-order chi connectivity index (χ0) is 18.9. The van der Waals surface area contributed by atoms with Crippen LogP contribution in [0.4, 0.5) is 0 Å². The molecule has 27 heavy (non-hydrogen) atoms. The number of benzene rings is 2. The second-order valence-electron chi connectivity index (χ2n) is 7.60. The van der Waals surface area contributed by atoms with Gasteiger partial charge in [-0.3, -0.25) is 19.3 Å². The summed E-state index contributed by atoms with van der Waals surface area (Å²) in [5, 5.41) is 10.5. The number of carbonyl (C=O) groups excluding carboxylic acids is 2. The van der Waals surface area contributed by atoms with Crippen molar-refractivity contribution in [3.63, 3.8) is 0 Å². The van der Waals surface area contributed by atoms with Crippen molar-refractivity contribution in [3.8, 4) is 0 Å². The zero-order valence-electron chi connectivity index (χ0n) is 14.9. The molecule has 2 amide bonds. The van der Waals surface area contributed by atoms with Crippen molar-refractivity contribution in [2.75, 3.05) is 6.54 Å². The molecule has 0 spiro atoms. The van der Waals surface area contributed by atoms with Gasteiger partial charge in [0.1, 0.15) is 5.41 Å². The fourth-order valence-electron chi connectivity index (χ4n) is 5.64.